The predicted octanol–water partition coefficient (Wildman–Crippen LogP) is 2.36. The van der Waals surface area contributed by atoms with Gasteiger partial charge in [0.15, 0.2) is 0 Å². The Morgan fingerprint density at radius 2 is 1.71 bits per heavy atom. The largest absolute Gasteiger partial charge is 0.334 e. The van der Waals surface area contributed by atoms with Crippen molar-refractivity contribution in [2.45, 2.75) is 4.90 Å². The normalized spacial score (nSPS) is 10.9. The third-order valence-electron chi connectivity index (χ3n) is 2.44. The van der Waals surface area contributed by atoms with Gasteiger partial charge in [-0.3, -0.25) is 5.43 Å². The van der Waals surface area contributed by atoms with Crippen LogP contribution in [0.5, 0.6) is 0 Å². The fraction of sp³-hybridized carbons (Fsp3) is 0. The van der Waals surface area contributed by atoms with Gasteiger partial charge in [0.2, 0.25) is 0 Å². The van der Waals surface area contributed by atoms with Crippen LogP contribution in [-0.4, -0.2) is 14.4 Å². The van der Waals surface area contributed by atoms with E-state index in [0.29, 0.717) is 5.69 Å². The Labute approximate surface area is 127 Å². The van der Waals surface area contributed by atoms with E-state index in [4.69, 9.17) is 11.6 Å². The van der Waals surface area contributed by atoms with Crippen LogP contribution in [0.25, 0.3) is 0 Å². The van der Waals surface area contributed by atoms with E-state index in [1.807, 2.05) is 4.83 Å². The third-order valence-corrected chi connectivity index (χ3v) is 3.92. The van der Waals surface area contributed by atoms with Gasteiger partial charge in [0.05, 0.1) is 4.90 Å². The Kier molecular flexibility index (Phi) is 4.79. The Morgan fingerprint density at radius 1 is 1.00 bits per heavy atom. The second kappa shape index (κ2) is 6.57. The molecule has 0 aliphatic heterocycles. The molecule has 2 rings (SSSR count). The molecule has 2 aromatic carbocycles. The van der Waals surface area contributed by atoms with Gasteiger partial charge >= 0.3 is 6.03 Å². The van der Waals surface area contributed by atoms with Gasteiger partial charge in [-0.1, -0.05) is 35.9 Å². The molecule has 0 atom stereocenters. The number of sulfonamides is 1. The topological polar surface area (TPSA) is 87.3 Å². The fourth-order valence-electron chi connectivity index (χ4n) is 1.49. The number of hydrogen-bond donors (Lipinski definition) is 3. The Balaban J connectivity index is 1.97. The Morgan fingerprint density at radius 3 is 2.38 bits per heavy atom. The molecule has 3 N–H and O–H groups in total. The van der Waals surface area contributed by atoms with Gasteiger partial charge in [-0.05, 0) is 30.3 Å². The number of benzene rings is 2. The van der Waals surface area contributed by atoms with Crippen LogP contribution in [0.15, 0.2) is 59.5 Å². The number of hydrogen-bond acceptors (Lipinski definition) is 3. The van der Waals surface area contributed by atoms with Crippen molar-refractivity contribution < 1.29 is 13.2 Å². The van der Waals surface area contributed by atoms with Crippen molar-refractivity contribution in [1.82, 2.24) is 10.3 Å². The highest BCUT2D eigenvalue weighted by molar-refractivity contribution is 7.89. The van der Waals surface area contributed by atoms with Crippen molar-refractivity contribution in [2.75, 3.05) is 5.32 Å². The van der Waals surface area contributed by atoms with Crippen molar-refractivity contribution in [1.29, 1.82) is 0 Å². The molecule has 0 spiro atoms. The van der Waals surface area contributed by atoms with Crippen LogP contribution in [0.3, 0.4) is 0 Å². The first kappa shape index (κ1) is 15.3. The number of carbonyl (C=O) groups excluding carboxylic acids is 1. The summed E-state index contributed by atoms with van der Waals surface area (Å²) in [6.45, 7) is 0. The maximum atomic E-state index is 11.9. The molecule has 0 aromatic heterocycles. The summed E-state index contributed by atoms with van der Waals surface area (Å²) >= 11 is 5.73. The summed E-state index contributed by atoms with van der Waals surface area (Å²) in [7, 11) is -3.88. The van der Waals surface area contributed by atoms with E-state index in [1.165, 1.54) is 18.2 Å². The zero-order valence-corrected chi connectivity index (χ0v) is 12.3. The molecule has 8 heteroatoms. The average Bonchev–Trinajstić information content (AvgIpc) is 2.46. The number of para-hydroxylation sites is 1. The van der Waals surface area contributed by atoms with E-state index in [0.717, 1.165) is 0 Å². The summed E-state index contributed by atoms with van der Waals surface area (Å²) in [6.07, 6.45) is 0. The molecule has 6 nitrogen and oxygen atoms in total. The van der Waals surface area contributed by atoms with E-state index < -0.39 is 16.1 Å². The van der Waals surface area contributed by atoms with Crippen molar-refractivity contribution in [3.05, 3.63) is 59.6 Å². The monoisotopic (exact) mass is 325 g/mol. The van der Waals surface area contributed by atoms with Crippen LogP contribution in [0.1, 0.15) is 0 Å². The molecule has 0 saturated heterocycles. The van der Waals surface area contributed by atoms with Crippen molar-refractivity contribution in [2.24, 2.45) is 0 Å². The van der Waals surface area contributed by atoms with Crippen LogP contribution in [-0.2, 0) is 10.0 Å². The molecule has 0 aliphatic rings. The summed E-state index contributed by atoms with van der Waals surface area (Å²) < 4.78 is 23.9. The highest BCUT2D eigenvalue weighted by Gasteiger charge is 2.15. The Hall–Kier alpha value is -2.09. The van der Waals surface area contributed by atoms with Gasteiger partial charge in [0, 0.05) is 10.7 Å². The molecule has 0 radical (unpaired) electrons. The lowest BCUT2D eigenvalue weighted by Gasteiger charge is -2.09. The zero-order chi connectivity index (χ0) is 15.3. The van der Waals surface area contributed by atoms with Gasteiger partial charge in [-0.2, -0.15) is 0 Å². The SMILES string of the molecule is O=C(NNS(=O)(=O)c1cccc(Cl)c1)Nc1ccccc1. The Bertz CT molecular complexity index is 735. The number of amides is 2. The lowest BCUT2D eigenvalue weighted by molar-refractivity contribution is 0.250. The molecule has 0 bridgehead atoms. The lowest BCUT2D eigenvalue weighted by atomic mass is 10.3. The van der Waals surface area contributed by atoms with E-state index >= 15 is 0 Å². The van der Waals surface area contributed by atoms with Crippen molar-refractivity contribution in [3.8, 4) is 0 Å². The number of halogens is 1. The number of urea groups is 1. The quantitative estimate of drug-likeness (QED) is 0.754. The van der Waals surface area contributed by atoms with E-state index in [1.54, 1.807) is 36.4 Å². The van der Waals surface area contributed by atoms with Crippen LogP contribution in [0, 0.1) is 0 Å². The molecule has 0 unspecified atom stereocenters. The standard InChI is InChI=1S/C13H12ClN3O3S/c14-10-5-4-8-12(9-10)21(19,20)17-16-13(18)15-11-6-2-1-3-7-11/h1-9,17H,(H2,15,16,18). The van der Waals surface area contributed by atoms with E-state index in [2.05, 4.69) is 10.7 Å². The first-order chi connectivity index (χ1) is 9.97. The predicted molar refractivity (Wildman–Crippen MR) is 80.4 cm³/mol. The minimum Gasteiger partial charge on any atom is -0.307 e. The van der Waals surface area contributed by atoms with Crippen LogP contribution in [0.2, 0.25) is 5.02 Å². The maximum Gasteiger partial charge on any atom is 0.334 e. The first-order valence-corrected chi connectivity index (χ1v) is 7.73. The second-order valence-corrected chi connectivity index (χ2v) is 6.13. The summed E-state index contributed by atoms with van der Waals surface area (Å²) in [5.74, 6) is 0. The van der Waals surface area contributed by atoms with Gasteiger partial charge in [0.25, 0.3) is 10.0 Å². The molecule has 0 saturated carbocycles. The summed E-state index contributed by atoms with van der Waals surface area (Å²) in [5, 5.41) is 2.76. The molecule has 21 heavy (non-hydrogen) atoms. The molecule has 2 aromatic rings. The molecule has 0 heterocycles. The number of rotatable bonds is 4. The summed E-state index contributed by atoms with van der Waals surface area (Å²) in [5.41, 5.74) is 2.60. The smallest absolute Gasteiger partial charge is 0.307 e. The maximum absolute atomic E-state index is 11.9. The van der Waals surface area contributed by atoms with Gasteiger partial charge in [-0.25, -0.2) is 13.2 Å². The first-order valence-electron chi connectivity index (χ1n) is 5.87. The van der Waals surface area contributed by atoms with Crippen LogP contribution < -0.4 is 15.6 Å². The molecule has 2 amide bonds. The second-order valence-electron chi connectivity index (χ2n) is 4.01. The highest BCUT2D eigenvalue weighted by Crippen LogP contribution is 2.14. The molecular weight excluding hydrogens is 314 g/mol. The minimum atomic E-state index is -3.88. The zero-order valence-electron chi connectivity index (χ0n) is 10.7. The molecule has 110 valence electrons. The molecular formula is C13H12ClN3O3S. The lowest BCUT2D eigenvalue weighted by Crippen LogP contribution is -2.43. The van der Waals surface area contributed by atoms with Gasteiger partial charge in [0.1, 0.15) is 0 Å². The number of anilines is 1. The van der Waals surface area contributed by atoms with Gasteiger partial charge in [-0.15, -0.1) is 4.83 Å². The van der Waals surface area contributed by atoms with Crippen molar-refractivity contribution >= 4 is 33.3 Å². The highest BCUT2D eigenvalue weighted by atomic mass is 35.5. The van der Waals surface area contributed by atoms with Crippen LogP contribution in [0.4, 0.5) is 10.5 Å². The molecule has 0 aliphatic carbocycles. The van der Waals surface area contributed by atoms with Crippen molar-refractivity contribution in [3.63, 3.8) is 0 Å². The fourth-order valence-corrected chi connectivity index (χ4v) is 2.63. The average molecular weight is 326 g/mol. The van der Waals surface area contributed by atoms with E-state index in [9.17, 15) is 13.2 Å². The number of nitrogens with one attached hydrogen (secondary N) is 3. The number of hydrazine groups is 1. The summed E-state index contributed by atoms with van der Waals surface area (Å²) in [4.78, 5) is 13.5. The van der Waals surface area contributed by atoms with E-state index in [-0.39, 0.29) is 9.92 Å². The number of carbonyl (C=O) groups is 1. The summed E-state index contributed by atoms with van der Waals surface area (Å²) in [6, 6.07) is 13.6. The van der Waals surface area contributed by atoms with Crippen LogP contribution >= 0.6 is 11.6 Å². The minimum absolute atomic E-state index is 0.0463. The van der Waals surface area contributed by atoms with Gasteiger partial charge < -0.3 is 5.32 Å². The third kappa shape index (κ3) is 4.45. The molecule has 0 fully saturated rings.